The van der Waals surface area contributed by atoms with Crippen LogP contribution in [0.1, 0.15) is 48.9 Å². The summed E-state index contributed by atoms with van der Waals surface area (Å²) in [5, 5.41) is 5.79. The highest BCUT2D eigenvalue weighted by molar-refractivity contribution is 9.10. The normalized spacial score (nSPS) is 11.5. The van der Waals surface area contributed by atoms with Crippen molar-refractivity contribution in [1.29, 1.82) is 0 Å². The SMILES string of the molecule is CCOc1cc(C)c(-c2nc3ccccc3c(=O)n2N=Cc2cc(OC)c(OCc3ccccc3Cl)cc2Br)cc1C(C)C. The van der Waals surface area contributed by atoms with E-state index >= 15 is 0 Å². The predicted octanol–water partition coefficient (Wildman–Crippen LogP) is 8.78. The van der Waals surface area contributed by atoms with Gasteiger partial charge in [-0.1, -0.05) is 55.8 Å². The lowest BCUT2D eigenvalue weighted by molar-refractivity contribution is 0.284. The number of ether oxygens (including phenoxy) is 3. The molecular weight excluding hydrogens is 642 g/mol. The first-order valence-electron chi connectivity index (χ1n) is 14.3. The molecule has 0 fully saturated rings. The van der Waals surface area contributed by atoms with Crippen LogP contribution in [-0.4, -0.2) is 29.6 Å². The molecule has 44 heavy (non-hydrogen) atoms. The lowest BCUT2D eigenvalue weighted by Crippen LogP contribution is -2.21. The number of benzene rings is 4. The minimum absolute atomic E-state index is 0.196. The van der Waals surface area contributed by atoms with Crippen LogP contribution in [0.2, 0.25) is 5.02 Å². The first kappa shape index (κ1) is 31.3. The summed E-state index contributed by atoms with van der Waals surface area (Å²) < 4.78 is 19.7. The summed E-state index contributed by atoms with van der Waals surface area (Å²) in [5.74, 6) is 2.51. The number of aryl methyl sites for hydroxylation is 1. The Labute approximate surface area is 270 Å². The zero-order chi connectivity index (χ0) is 31.4. The van der Waals surface area contributed by atoms with Crippen LogP contribution in [0.25, 0.3) is 22.3 Å². The third kappa shape index (κ3) is 6.51. The van der Waals surface area contributed by atoms with Gasteiger partial charge in [-0.15, -0.1) is 0 Å². The summed E-state index contributed by atoms with van der Waals surface area (Å²) in [6, 6.07) is 22.5. The lowest BCUT2D eigenvalue weighted by atomic mass is 9.96. The molecule has 0 saturated heterocycles. The monoisotopic (exact) mass is 673 g/mol. The van der Waals surface area contributed by atoms with E-state index in [1.54, 1.807) is 25.5 Å². The molecule has 0 atom stereocenters. The van der Waals surface area contributed by atoms with Crippen LogP contribution in [0, 0.1) is 6.92 Å². The molecule has 0 N–H and O–H groups in total. The van der Waals surface area contributed by atoms with Crippen LogP contribution in [0.15, 0.2) is 87.2 Å². The number of rotatable bonds is 10. The predicted molar refractivity (Wildman–Crippen MR) is 181 cm³/mol. The quantitative estimate of drug-likeness (QED) is 0.139. The Bertz CT molecular complexity index is 1920. The van der Waals surface area contributed by atoms with Crippen LogP contribution in [0.3, 0.4) is 0 Å². The summed E-state index contributed by atoms with van der Waals surface area (Å²) in [5.41, 5.74) is 4.63. The van der Waals surface area contributed by atoms with Crippen molar-refractivity contribution in [3.8, 4) is 28.6 Å². The van der Waals surface area contributed by atoms with Crippen LogP contribution >= 0.6 is 27.5 Å². The van der Waals surface area contributed by atoms with Crippen molar-refractivity contribution < 1.29 is 14.2 Å². The van der Waals surface area contributed by atoms with Gasteiger partial charge >= 0.3 is 0 Å². The fourth-order valence-corrected chi connectivity index (χ4v) is 5.50. The van der Waals surface area contributed by atoms with Crippen LogP contribution in [0.5, 0.6) is 17.2 Å². The molecule has 5 rings (SSSR count). The molecule has 7 nitrogen and oxygen atoms in total. The van der Waals surface area contributed by atoms with Crippen LogP contribution < -0.4 is 19.8 Å². The molecule has 5 aromatic rings. The maximum atomic E-state index is 13.9. The second-order valence-electron chi connectivity index (χ2n) is 10.5. The van der Waals surface area contributed by atoms with E-state index in [9.17, 15) is 4.79 Å². The zero-order valence-electron chi connectivity index (χ0n) is 25.2. The van der Waals surface area contributed by atoms with Crippen molar-refractivity contribution in [2.24, 2.45) is 5.10 Å². The van der Waals surface area contributed by atoms with E-state index in [2.05, 4.69) is 40.9 Å². The molecule has 1 aromatic heterocycles. The molecule has 0 saturated carbocycles. The average Bonchev–Trinajstić information content (AvgIpc) is 3.01. The third-order valence-corrected chi connectivity index (χ3v) is 8.27. The molecule has 0 aliphatic heterocycles. The van der Waals surface area contributed by atoms with Gasteiger partial charge in [0.25, 0.3) is 5.56 Å². The number of nitrogens with zero attached hydrogens (tertiary/aromatic N) is 3. The third-order valence-electron chi connectivity index (χ3n) is 7.21. The fourth-order valence-electron chi connectivity index (χ4n) is 4.89. The van der Waals surface area contributed by atoms with Crippen molar-refractivity contribution in [2.75, 3.05) is 13.7 Å². The second kappa shape index (κ2) is 13.7. The average molecular weight is 675 g/mol. The van der Waals surface area contributed by atoms with Crippen LogP contribution in [-0.2, 0) is 6.61 Å². The molecule has 0 aliphatic carbocycles. The van der Waals surface area contributed by atoms with Crippen molar-refractivity contribution in [2.45, 2.75) is 40.2 Å². The van der Waals surface area contributed by atoms with Gasteiger partial charge in [-0.3, -0.25) is 4.79 Å². The lowest BCUT2D eigenvalue weighted by Gasteiger charge is -2.18. The molecule has 9 heteroatoms. The van der Waals surface area contributed by atoms with Crippen molar-refractivity contribution >= 4 is 44.6 Å². The number of para-hydroxylation sites is 1. The largest absolute Gasteiger partial charge is 0.494 e. The first-order chi connectivity index (χ1) is 21.2. The Morgan fingerprint density at radius 2 is 1.75 bits per heavy atom. The number of fused-ring (bicyclic) bond motifs is 1. The summed E-state index contributed by atoms with van der Waals surface area (Å²) in [6.07, 6.45) is 1.61. The van der Waals surface area contributed by atoms with Gasteiger partial charge in [-0.25, -0.2) is 4.98 Å². The Hall–Kier alpha value is -4.14. The molecule has 0 unspecified atom stereocenters. The minimum Gasteiger partial charge on any atom is -0.494 e. The summed E-state index contributed by atoms with van der Waals surface area (Å²) in [4.78, 5) is 18.8. The molecule has 4 aromatic carbocycles. The maximum absolute atomic E-state index is 13.9. The zero-order valence-corrected chi connectivity index (χ0v) is 27.6. The van der Waals surface area contributed by atoms with Gasteiger partial charge < -0.3 is 14.2 Å². The van der Waals surface area contributed by atoms with Gasteiger partial charge in [-0.05, 0) is 89.3 Å². The molecule has 0 spiro atoms. The Kier molecular flexibility index (Phi) is 9.71. The number of hydrogen-bond acceptors (Lipinski definition) is 6. The molecular formula is C35H33BrClN3O4. The molecule has 1 heterocycles. The number of hydrogen-bond donors (Lipinski definition) is 0. The van der Waals surface area contributed by atoms with Gasteiger partial charge in [0.1, 0.15) is 12.4 Å². The van der Waals surface area contributed by atoms with E-state index in [-0.39, 0.29) is 18.1 Å². The van der Waals surface area contributed by atoms with Gasteiger partial charge in [-0.2, -0.15) is 9.78 Å². The van der Waals surface area contributed by atoms with Crippen LogP contribution in [0.4, 0.5) is 0 Å². The standard InChI is InChI=1S/C35H33BrClN3O4/c1-6-43-31-15-22(4)27(17-26(31)21(2)3)34-39-30-14-10-8-12-25(30)35(41)40(34)38-19-24-16-32(42-5)33(18-28(24)36)44-20-23-11-7-9-13-29(23)37/h7-19,21H,6,20H2,1-5H3. The van der Waals surface area contributed by atoms with E-state index in [0.29, 0.717) is 49.9 Å². The van der Waals surface area contributed by atoms with E-state index < -0.39 is 0 Å². The Morgan fingerprint density at radius 1 is 1.00 bits per heavy atom. The van der Waals surface area contributed by atoms with E-state index in [1.165, 1.54) is 4.68 Å². The number of halogens is 2. The highest BCUT2D eigenvalue weighted by atomic mass is 79.9. The van der Waals surface area contributed by atoms with Gasteiger partial charge in [0, 0.05) is 26.2 Å². The summed E-state index contributed by atoms with van der Waals surface area (Å²) in [7, 11) is 1.57. The minimum atomic E-state index is -0.274. The van der Waals surface area contributed by atoms with Crippen molar-refractivity contribution in [3.63, 3.8) is 0 Å². The molecule has 0 radical (unpaired) electrons. The van der Waals surface area contributed by atoms with Gasteiger partial charge in [0.15, 0.2) is 17.3 Å². The van der Waals surface area contributed by atoms with E-state index in [1.807, 2.05) is 68.4 Å². The fraction of sp³-hybridized carbons (Fsp3) is 0.229. The van der Waals surface area contributed by atoms with E-state index in [0.717, 1.165) is 28.0 Å². The highest BCUT2D eigenvalue weighted by Gasteiger charge is 2.19. The summed E-state index contributed by atoms with van der Waals surface area (Å²) >= 11 is 9.94. The summed E-state index contributed by atoms with van der Waals surface area (Å²) in [6.45, 7) is 9.02. The topological polar surface area (TPSA) is 74.9 Å². The first-order valence-corrected chi connectivity index (χ1v) is 15.5. The number of aromatic nitrogens is 2. The van der Waals surface area contributed by atoms with Crippen molar-refractivity contribution in [1.82, 2.24) is 9.66 Å². The molecule has 226 valence electrons. The van der Waals surface area contributed by atoms with E-state index in [4.69, 9.17) is 30.8 Å². The smallest absolute Gasteiger partial charge is 0.282 e. The van der Waals surface area contributed by atoms with Crippen molar-refractivity contribution in [3.05, 3.63) is 115 Å². The molecule has 0 aliphatic rings. The molecule has 0 amide bonds. The highest BCUT2D eigenvalue weighted by Crippen LogP contribution is 2.36. The van der Waals surface area contributed by atoms with Gasteiger partial charge in [0.2, 0.25) is 0 Å². The molecule has 0 bridgehead atoms. The maximum Gasteiger partial charge on any atom is 0.282 e. The number of methoxy groups -OCH3 is 1. The Balaban J connectivity index is 1.60. The Morgan fingerprint density at radius 3 is 2.48 bits per heavy atom. The van der Waals surface area contributed by atoms with Gasteiger partial charge in [0.05, 0.1) is 30.8 Å². The second-order valence-corrected chi connectivity index (χ2v) is 11.8.